The minimum Gasteiger partial charge on any atom is -0.321 e. The summed E-state index contributed by atoms with van der Waals surface area (Å²) in [6, 6.07) is -0.329. The summed E-state index contributed by atoms with van der Waals surface area (Å²) in [6.07, 6.45) is 3.87. The van der Waals surface area contributed by atoms with Crippen LogP contribution in [0.5, 0.6) is 0 Å². The van der Waals surface area contributed by atoms with Gasteiger partial charge in [-0.05, 0) is 25.3 Å². The number of nitrogens with zero attached hydrogens (tertiary/aromatic N) is 2. The van der Waals surface area contributed by atoms with E-state index in [9.17, 15) is 4.79 Å². The van der Waals surface area contributed by atoms with E-state index in [0.29, 0.717) is 12.8 Å². The van der Waals surface area contributed by atoms with Crippen LogP contribution in [-0.2, 0) is 18.3 Å². The first-order chi connectivity index (χ1) is 8.06. The van der Waals surface area contributed by atoms with Crippen LogP contribution in [0.1, 0.15) is 31.0 Å². The number of carbonyl (C=O) groups is 1. The van der Waals surface area contributed by atoms with Gasteiger partial charge in [-0.15, -0.1) is 13.2 Å². The topological polar surface area (TPSA) is 60.9 Å². The lowest BCUT2D eigenvalue weighted by molar-refractivity contribution is -0.120. The summed E-state index contributed by atoms with van der Waals surface area (Å²) in [6.45, 7) is 9.87. The first-order valence-electron chi connectivity index (χ1n) is 5.82. The number of aryl methyl sites for hydroxylation is 2. The third-order valence-electron chi connectivity index (χ3n) is 2.72. The Labute approximate surface area is 104 Å². The van der Waals surface area contributed by atoms with Crippen molar-refractivity contribution in [3.8, 4) is 0 Å². The molecule has 0 radical (unpaired) electrons. The van der Waals surface area contributed by atoms with Crippen LogP contribution < -0.4 is 5.73 Å². The molecule has 1 aromatic rings. The molecule has 0 fully saturated rings. The zero-order valence-electron chi connectivity index (χ0n) is 11.1. The van der Waals surface area contributed by atoms with Crippen LogP contribution in [0.15, 0.2) is 19.4 Å². The van der Waals surface area contributed by atoms with Crippen molar-refractivity contribution in [1.82, 2.24) is 9.78 Å². The average molecular weight is 237 g/mol. The standard InChI is InChI=1S/C11H19N3O.C2H4/c1-4-11(15)9(12)5-6-10-8(2)7-13-14(10)3;1-2/h7,9H,4-6,12H2,1-3H3;1-2H2. The number of rotatable bonds is 5. The number of ketones is 1. The molecule has 1 atom stereocenters. The van der Waals surface area contributed by atoms with Gasteiger partial charge in [-0.1, -0.05) is 6.92 Å². The summed E-state index contributed by atoms with van der Waals surface area (Å²) >= 11 is 0. The molecule has 0 amide bonds. The van der Waals surface area contributed by atoms with Crippen LogP contribution in [0, 0.1) is 6.92 Å². The van der Waals surface area contributed by atoms with Gasteiger partial charge in [0.2, 0.25) is 0 Å². The van der Waals surface area contributed by atoms with Crippen molar-refractivity contribution in [3.05, 3.63) is 30.6 Å². The summed E-state index contributed by atoms with van der Waals surface area (Å²) in [5, 5.41) is 4.15. The van der Waals surface area contributed by atoms with Gasteiger partial charge in [0.15, 0.2) is 0 Å². The SMILES string of the molecule is C=C.CCC(=O)C(N)CCc1c(C)cnn1C. The van der Waals surface area contributed by atoms with E-state index in [-0.39, 0.29) is 11.8 Å². The molecule has 2 N–H and O–H groups in total. The smallest absolute Gasteiger partial charge is 0.149 e. The summed E-state index contributed by atoms with van der Waals surface area (Å²) < 4.78 is 1.85. The largest absolute Gasteiger partial charge is 0.321 e. The first kappa shape index (κ1) is 15.6. The van der Waals surface area contributed by atoms with Crippen molar-refractivity contribution in [2.24, 2.45) is 12.8 Å². The van der Waals surface area contributed by atoms with Gasteiger partial charge >= 0.3 is 0 Å². The van der Waals surface area contributed by atoms with Gasteiger partial charge in [-0.3, -0.25) is 9.48 Å². The summed E-state index contributed by atoms with van der Waals surface area (Å²) in [5.74, 6) is 0.134. The van der Waals surface area contributed by atoms with Gasteiger partial charge in [0.25, 0.3) is 0 Å². The molecule has 4 heteroatoms. The Hall–Kier alpha value is -1.42. The third kappa shape index (κ3) is 4.53. The Balaban J connectivity index is 0.00000121. The average Bonchev–Trinajstić information content (AvgIpc) is 2.67. The summed E-state index contributed by atoms with van der Waals surface area (Å²) in [4.78, 5) is 11.3. The molecule has 1 heterocycles. The van der Waals surface area contributed by atoms with Crippen LogP contribution in [0.2, 0.25) is 0 Å². The molecule has 0 aliphatic carbocycles. The second-order valence-electron chi connectivity index (χ2n) is 3.86. The fourth-order valence-corrected chi connectivity index (χ4v) is 1.65. The molecule has 0 bridgehead atoms. The minimum absolute atomic E-state index is 0.134. The fourth-order valence-electron chi connectivity index (χ4n) is 1.65. The molecule has 0 aliphatic rings. The molecule has 0 saturated carbocycles. The maximum atomic E-state index is 11.3. The summed E-state index contributed by atoms with van der Waals surface area (Å²) in [5.41, 5.74) is 8.09. The lowest BCUT2D eigenvalue weighted by atomic mass is 10.0. The predicted octanol–water partition coefficient (Wildman–Crippen LogP) is 1.77. The van der Waals surface area contributed by atoms with E-state index in [4.69, 9.17) is 5.73 Å². The van der Waals surface area contributed by atoms with E-state index in [0.717, 1.165) is 17.7 Å². The van der Waals surface area contributed by atoms with Crippen LogP contribution in [0.3, 0.4) is 0 Å². The van der Waals surface area contributed by atoms with Crippen LogP contribution in [0.4, 0.5) is 0 Å². The van der Waals surface area contributed by atoms with E-state index in [1.807, 2.05) is 31.8 Å². The number of hydrogen-bond donors (Lipinski definition) is 1. The van der Waals surface area contributed by atoms with Crippen LogP contribution in [-0.4, -0.2) is 21.6 Å². The maximum absolute atomic E-state index is 11.3. The highest BCUT2D eigenvalue weighted by Gasteiger charge is 2.13. The van der Waals surface area contributed by atoms with E-state index in [1.54, 1.807) is 0 Å². The molecule has 0 spiro atoms. The van der Waals surface area contributed by atoms with E-state index < -0.39 is 0 Å². The minimum atomic E-state index is -0.329. The zero-order chi connectivity index (χ0) is 13.4. The molecule has 1 aromatic heterocycles. The van der Waals surface area contributed by atoms with Crippen molar-refractivity contribution in [2.75, 3.05) is 0 Å². The Kier molecular flexibility index (Phi) is 7.14. The van der Waals surface area contributed by atoms with Gasteiger partial charge in [0, 0.05) is 19.2 Å². The normalized spacial score (nSPS) is 11.5. The molecule has 17 heavy (non-hydrogen) atoms. The predicted molar refractivity (Wildman–Crippen MR) is 70.8 cm³/mol. The molecule has 96 valence electrons. The van der Waals surface area contributed by atoms with Gasteiger partial charge < -0.3 is 5.73 Å². The van der Waals surface area contributed by atoms with Crippen molar-refractivity contribution in [3.63, 3.8) is 0 Å². The lowest BCUT2D eigenvalue weighted by Crippen LogP contribution is -2.30. The number of carbonyl (C=O) groups excluding carboxylic acids is 1. The highest BCUT2D eigenvalue weighted by Crippen LogP contribution is 2.09. The van der Waals surface area contributed by atoms with Gasteiger partial charge in [0.1, 0.15) is 5.78 Å². The Morgan fingerprint density at radius 2 is 2.18 bits per heavy atom. The van der Waals surface area contributed by atoms with Gasteiger partial charge in [0.05, 0.1) is 12.2 Å². The number of aromatic nitrogens is 2. The van der Waals surface area contributed by atoms with E-state index >= 15 is 0 Å². The molecular weight excluding hydrogens is 214 g/mol. The van der Waals surface area contributed by atoms with E-state index in [2.05, 4.69) is 18.3 Å². The van der Waals surface area contributed by atoms with Crippen molar-refractivity contribution in [1.29, 1.82) is 0 Å². The molecule has 1 unspecified atom stereocenters. The number of nitrogens with two attached hydrogens (primary N) is 1. The third-order valence-corrected chi connectivity index (χ3v) is 2.72. The Bertz CT molecular complexity index is 338. The first-order valence-corrected chi connectivity index (χ1v) is 5.82. The summed E-state index contributed by atoms with van der Waals surface area (Å²) in [7, 11) is 1.91. The van der Waals surface area contributed by atoms with Crippen LogP contribution >= 0.6 is 0 Å². The second-order valence-corrected chi connectivity index (χ2v) is 3.86. The van der Waals surface area contributed by atoms with Crippen molar-refractivity contribution < 1.29 is 4.79 Å². The second kappa shape index (κ2) is 7.79. The fraction of sp³-hybridized carbons (Fsp3) is 0.538. The van der Waals surface area contributed by atoms with Gasteiger partial charge in [-0.25, -0.2) is 0 Å². The highest BCUT2D eigenvalue weighted by atomic mass is 16.1. The van der Waals surface area contributed by atoms with Crippen molar-refractivity contribution in [2.45, 2.75) is 39.2 Å². The Morgan fingerprint density at radius 3 is 2.59 bits per heavy atom. The molecule has 0 saturated heterocycles. The Morgan fingerprint density at radius 1 is 1.59 bits per heavy atom. The lowest BCUT2D eigenvalue weighted by Gasteiger charge is -2.09. The molecule has 1 rings (SSSR count). The molecule has 4 nitrogen and oxygen atoms in total. The zero-order valence-corrected chi connectivity index (χ0v) is 11.1. The van der Waals surface area contributed by atoms with Crippen LogP contribution in [0.25, 0.3) is 0 Å². The molecular formula is C13H23N3O. The van der Waals surface area contributed by atoms with Gasteiger partial charge in [-0.2, -0.15) is 5.10 Å². The number of Topliss-reactive ketones (excluding diaryl/α,β-unsaturated/α-hetero) is 1. The molecule has 0 aromatic carbocycles. The maximum Gasteiger partial charge on any atom is 0.149 e. The quantitative estimate of drug-likeness (QED) is 0.794. The monoisotopic (exact) mass is 237 g/mol. The van der Waals surface area contributed by atoms with Crippen molar-refractivity contribution >= 4 is 5.78 Å². The van der Waals surface area contributed by atoms with E-state index in [1.165, 1.54) is 0 Å². The highest BCUT2D eigenvalue weighted by molar-refractivity contribution is 5.83. The number of hydrogen-bond acceptors (Lipinski definition) is 3. The molecule has 0 aliphatic heterocycles.